The lowest BCUT2D eigenvalue weighted by Gasteiger charge is -2.27. The van der Waals surface area contributed by atoms with Gasteiger partial charge in [0.2, 0.25) is 0 Å². The Labute approximate surface area is 117 Å². The predicted octanol–water partition coefficient (Wildman–Crippen LogP) is 2.17. The lowest BCUT2D eigenvalue weighted by atomic mass is 10.0. The van der Waals surface area contributed by atoms with Crippen molar-refractivity contribution in [3.05, 3.63) is 34.3 Å². The molecule has 3 nitrogen and oxygen atoms in total. The molecule has 0 amide bonds. The Bertz CT molecular complexity index is 349. The normalized spacial score (nSPS) is 18.8. The molecule has 1 atom stereocenters. The minimum atomic E-state index is -0.332. The Balaban J connectivity index is 1.70. The first-order chi connectivity index (χ1) is 8.75. The van der Waals surface area contributed by atoms with E-state index in [-0.39, 0.29) is 6.10 Å². The van der Waals surface area contributed by atoms with Crippen molar-refractivity contribution in [1.82, 2.24) is 10.2 Å². The van der Waals surface area contributed by atoms with Crippen LogP contribution in [0.25, 0.3) is 0 Å². The van der Waals surface area contributed by atoms with E-state index >= 15 is 0 Å². The van der Waals surface area contributed by atoms with Gasteiger partial charge in [0.25, 0.3) is 0 Å². The van der Waals surface area contributed by atoms with E-state index in [0.29, 0.717) is 0 Å². The molecule has 0 radical (unpaired) electrons. The molecule has 1 aromatic carbocycles. The molecule has 1 heterocycles. The largest absolute Gasteiger partial charge is 0.388 e. The Kier molecular flexibility index (Phi) is 5.63. The van der Waals surface area contributed by atoms with Crippen molar-refractivity contribution in [2.75, 3.05) is 32.7 Å². The number of nitrogens with zero attached hydrogens (tertiary/aromatic N) is 1. The van der Waals surface area contributed by atoms with Gasteiger partial charge in [-0.1, -0.05) is 28.1 Å². The van der Waals surface area contributed by atoms with E-state index in [4.69, 9.17) is 0 Å². The highest BCUT2D eigenvalue weighted by Crippen LogP contribution is 2.20. The highest BCUT2D eigenvalue weighted by Gasteiger charge is 2.11. The zero-order valence-electron chi connectivity index (χ0n) is 10.6. The van der Waals surface area contributed by atoms with E-state index in [2.05, 4.69) is 26.1 Å². The molecule has 1 saturated heterocycles. The molecule has 0 saturated carbocycles. The van der Waals surface area contributed by atoms with Crippen LogP contribution in [-0.2, 0) is 0 Å². The molecule has 18 heavy (non-hydrogen) atoms. The summed E-state index contributed by atoms with van der Waals surface area (Å²) in [5.41, 5.74) is 1.01. The van der Waals surface area contributed by atoms with E-state index in [1.54, 1.807) is 0 Å². The van der Waals surface area contributed by atoms with Gasteiger partial charge in [-0.25, -0.2) is 0 Å². The molecule has 1 aliphatic heterocycles. The first-order valence-electron chi connectivity index (χ1n) is 6.62. The minimum Gasteiger partial charge on any atom is -0.388 e. The highest BCUT2D eigenvalue weighted by molar-refractivity contribution is 9.10. The van der Waals surface area contributed by atoms with Gasteiger partial charge in [0.1, 0.15) is 0 Å². The van der Waals surface area contributed by atoms with Crippen LogP contribution in [0.1, 0.15) is 24.5 Å². The summed E-state index contributed by atoms with van der Waals surface area (Å²) < 4.78 is 1.05. The van der Waals surface area contributed by atoms with E-state index < -0.39 is 0 Å². The third-order valence-corrected chi connectivity index (χ3v) is 3.94. The molecule has 1 aliphatic rings. The van der Waals surface area contributed by atoms with E-state index in [0.717, 1.165) is 55.6 Å². The van der Waals surface area contributed by atoms with Gasteiger partial charge < -0.3 is 15.3 Å². The molecule has 1 fully saturated rings. The third kappa shape index (κ3) is 4.35. The number of aliphatic hydroxyl groups excluding tert-OH is 1. The second-order valence-corrected chi connectivity index (χ2v) is 5.72. The molecular weight excluding hydrogens is 292 g/mol. The Hall–Kier alpha value is -0.420. The number of aliphatic hydroxyl groups is 1. The van der Waals surface area contributed by atoms with Crippen LogP contribution >= 0.6 is 15.9 Å². The Morgan fingerprint density at radius 2 is 1.89 bits per heavy atom. The lowest BCUT2D eigenvalue weighted by Crippen LogP contribution is -2.43. The summed E-state index contributed by atoms with van der Waals surface area (Å²) in [4.78, 5) is 2.46. The molecule has 4 heteroatoms. The molecule has 2 N–H and O–H groups in total. The standard InChI is InChI=1S/C14H21BrN2O/c15-13-5-3-12(4-6-13)14(18)2-1-9-17-10-7-16-8-11-17/h3-6,14,16,18H,1-2,7-11H2. The first kappa shape index (κ1) is 14.0. The molecule has 100 valence electrons. The van der Waals surface area contributed by atoms with Crippen molar-refractivity contribution in [1.29, 1.82) is 0 Å². The SMILES string of the molecule is OC(CCCN1CCNCC1)c1ccc(Br)cc1. The van der Waals surface area contributed by atoms with Crippen molar-refractivity contribution in [3.8, 4) is 0 Å². The van der Waals surface area contributed by atoms with Crippen molar-refractivity contribution < 1.29 is 5.11 Å². The molecular formula is C14H21BrN2O. The molecule has 0 spiro atoms. The number of halogens is 1. The number of hydrogen-bond acceptors (Lipinski definition) is 3. The van der Waals surface area contributed by atoms with Crippen LogP contribution in [0, 0.1) is 0 Å². The van der Waals surface area contributed by atoms with Crippen LogP contribution in [0.2, 0.25) is 0 Å². The van der Waals surface area contributed by atoms with Crippen LogP contribution < -0.4 is 5.32 Å². The smallest absolute Gasteiger partial charge is 0.0790 e. The van der Waals surface area contributed by atoms with Gasteiger partial charge in [0, 0.05) is 30.7 Å². The second kappa shape index (κ2) is 7.24. The van der Waals surface area contributed by atoms with Crippen LogP contribution in [-0.4, -0.2) is 42.7 Å². The fourth-order valence-corrected chi connectivity index (χ4v) is 2.56. The van der Waals surface area contributed by atoms with Gasteiger partial charge in [-0.3, -0.25) is 0 Å². The van der Waals surface area contributed by atoms with Gasteiger partial charge in [0.05, 0.1) is 6.10 Å². The summed E-state index contributed by atoms with van der Waals surface area (Å²) in [7, 11) is 0. The summed E-state index contributed by atoms with van der Waals surface area (Å²) in [6, 6.07) is 7.93. The maximum absolute atomic E-state index is 10.1. The quantitative estimate of drug-likeness (QED) is 0.874. The highest BCUT2D eigenvalue weighted by atomic mass is 79.9. The van der Waals surface area contributed by atoms with Gasteiger partial charge in [-0.05, 0) is 37.1 Å². The van der Waals surface area contributed by atoms with Gasteiger partial charge in [0.15, 0.2) is 0 Å². The van der Waals surface area contributed by atoms with Crippen molar-refractivity contribution >= 4 is 15.9 Å². The van der Waals surface area contributed by atoms with E-state index in [9.17, 15) is 5.11 Å². The maximum atomic E-state index is 10.1. The fraction of sp³-hybridized carbons (Fsp3) is 0.571. The van der Waals surface area contributed by atoms with Gasteiger partial charge >= 0.3 is 0 Å². The van der Waals surface area contributed by atoms with Crippen molar-refractivity contribution in [2.24, 2.45) is 0 Å². The number of rotatable bonds is 5. The third-order valence-electron chi connectivity index (χ3n) is 3.42. The average molecular weight is 313 g/mol. The van der Waals surface area contributed by atoms with Crippen molar-refractivity contribution in [2.45, 2.75) is 18.9 Å². The topological polar surface area (TPSA) is 35.5 Å². The first-order valence-corrected chi connectivity index (χ1v) is 7.41. The predicted molar refractivity (Wildman–Crippen MR) is 77.6 cm³/mol. The molecule has 1 aromatic rings. The zero-order valence-corrected chi connectivity index (χ0v) is 12.2. The van der Waals surface area contributed by atoms with Crippen LogP contribution in [0.15, 0.2) is 28.7 Å². The summed E-state index contributed by atoms with van der Waals surface area (Å²) in [6.07, 6.45) is 1.56. The molecule has 0 aromatic heterocycles. The average Bonchev–Trinajstić information content (AvgIpc) is 2.40. The van der Waals surface area contributed by atoms with E-state index in [1.165, 1.54) is 0 Å². The van der Waals surface area contributed by atoms with Gasteiger partial charge in [-0.15, -0.1) is 0 Å². The molecule has 0 aliphatic carbocycles. The number of hydrogen-bond donors (Lipinski definition) is 2. The van der Waals surface area contributed by atoms with Crippen LogP contribution in [0.4, 0.5) is 0 Å². The Morgan fingerprint density at radius 3 is 2.56 bits per heavy atom. The monoisotopic (exact) mass is 312 g/mol. The number of benzene rings is 1. The summed E-state index contributed by atoms with van der Waals surface area (Å²) in [5, 5.41) is 13.4. The summed E-state index contributed by atoms with van der Waals surface area (Å²) >= 11 is 3.41. The lowest BCUT2D eigenvalue weighted by molar-refractivity contribution is 0.152. The summed E-state index contributed by atoms with van der Waals surface area (Å²) in [6.45, 7) is 5.54. The Morgan fingerprint density at radius 1 is 1.22 bits per heavy atom. The zero-order chi connectivity index (χ0) is 12.8. The number of nitrogens with one attached hydrogen (secondary N) is 1. The van der Waals surface area contributed by atoms with Crippen LogP contribution in [0.3, 0.4) is 0 Å². The molecule has 0 bridgehead atoms. The van der Waals surface area contributed by atoms with Crippen molar-refractivity contribution in [3.63, 3.8) is 0 Å². The molecule has 1 unspecified atom stereocenters. The van der Waals surface area contributed by atoms with Gasteiger partial charge in [-0.2, -0.15) is 0 Å². The van der Waals surface area contributed by atoms with Crippen LogP contribution in [0.5, 0.6) is 0 Å². The minimum absolute atomic E-state index is 0.332. The second-order valence-electron chi connectivity index (χ2n) is 4.80. The number of piperazine rings is 1. The maximum Gasteiger partial charge on any atom is 0.0790 e. The van der Waals surface area contributed by atoms with E-state index in [1.807, 2.05) is 24.3 Å². The fourth-order valence-electron chi connectivity index (χ4n) is 2.29. The summed E-state index contributed by atoms with van der Waals surface area (Å²) in [5.74, 6) is 0. The molecule has 2 rings (SSSR count).